The highest BCUT2D eigenvalue weighted by Crippen LogP contribution is 2.48. The van der Waals surface area contributed by atoms with Crippen molar-refractivity contribution in [1.82, 2.24) is 4.90 Å². The molecule has 0 aliphatic carbocycles. The number of rotatable bonds is 4. The van der Waals surface area contributed by atoms with Crippen LogP contribution in [0.25, 0.3) is 0 Å². The quantitative estimate of drug-likeness (QED) is 0.410. The molecule has 3 rings (SSSR count). The third kappa shape index (κ3) is 3.15. The number of cyclic esters (lactones) is 2. The second-order valence-corrected chi connectivity index (χ2v) is 8.27. The summed E-state index contributed by atoms with van der Waals surface area (Å²) in [5.74, 6) is -2.13. The highest BCUT2D eigenvalue weighted by atomic mass is 16.8. The van der Waals surface area contributed by atoms with Crippen LogP contribution in [-0.2, 0) is 33.3 Å². The van der Waals surface area contributed by atoms with Gasteiger partial charge in [0.05, 0.1) is 11.5 Å². The Labute approximate surface area is 156 Å². The molecule has 0 aromatic carbocycles. The Morgan fingerprint density at radius 2 is 1.93 bits per heavy atom. The summed E-state index contributed by atoms with van der Waals surface area (Å²) < 4.78 is 20.0. The lowest BCUT2D eigenvalue weighted by Crippen LogP contribution is -2.66. The molecule has 1 amide bonds. The summed E-state index contributed by atoms with van der Waals surface area (Å²) >= 11 is 0. The van der Waals surface area contributed by atoms with Gasteiger partial charge in [-0.05, 0) is 46.6 Å². The third-order valence-electron chi connectivity index (χ3n) is 5.02. The molecule has 0 spiro atoms. The van der Waals surface area contributed by atoms with Crippen LogP contribution in [0.2, 0.25) is 0 Å². The van der Waals surface area contributed by atoms with Crippen LogP contribution in [0.1, 0.15) is 41.0 Å². The van der Waals surface area contributed by atoms with E-state index in [-0.39, 0.29) is 24.3 Å². The number of hydrogen-bond donors (Lipinski definition) is 0. The maximum atomic E-state index is 12.7. The molecule has 0 radical (unpaired) electrons. The van der Waals surface area contributed by atoms with E-state index in [2.05, 4.69) is 0 Å². The van der Waals surface area contributed by atoms with Crippen molar-refractivity contribution >= 4 is 24.0 Å². The molecule has 3 aliphatic heterocycles. The Morgan fingerprint density at radius 3 is 2.48 bits per heavy atom. The summed E-state index contributed by atoms with van der Waals surface area (Å²) in [4.78, 5) is 49.4. The normalized spacial score (nSPS) is 29.7. The van der Waals surface area contributed by atoms with E-state index >= 15 is 0 Å². The molecule has 3 heterocycles. The van der Waals surface area contributed by atoms with Crippen LogP contribution < -0.4 is 0 Å². The van der Waals surface area contributed by atoms with Crippen LogP contribution in [0.4, 0.5) is 4.79 Å². The molecule has 9 nitrogen and oxygen atoms in total. The van der Waals surface area contributed by atoms with Gasteiger partial charge in [-0.2, -0.15) is 0 Å². The Kier molecular flexibility index (Phi) is 4.44. The highest BCUT2D eigenvalue weighted by Gasteiger charge is 2.64. The molecule has 3 aliphatic rings. The highest BCUT2D eigenvalue weighted by molar-refractivity contribution is 6.00. The monoisotopic (exact) mass is 381 g/mol. The zero-order valence-electron chi connectivity index (χ0n) is 16.0. The van der Waals surface area contributed by atoms with Crippen molar-refractivity contribution in [3.05, 3.63) is 11.3 Å². The Balaban J connectivity index is 1.63. The first-order chi connectivity index (χ1) is 12.5. The van der Waals surface area contributed by atoms with Crippen molar-refractivity contribution in [2.75, 3.05) is 13.4 Å². The lowest BCUT2D eigenvalue weighted by molar-refractivity contribution is -0.177. The summed E-state index contributed by atoms with van der Waals surface area (Å²) in [6.07, 6.45) is -0.331. The molecule has 0 bridgehead atoms. The molecule has 0 aromatic heterocycles. The SMILES string of the molecule is CC1=C(C(=O)OCOC(=O)C(C)(C)C)N2C(=O)C(C3(C)COC(=O)O3)C2C1. The summed E-state index contributed by atoms with van der Waals surface area (Å²) in [6.45, 7) is 7.91. The number of carbonyl (C=O) groups is 4. The van der Waals surface area contributed by atoms with E-state index in [1.54, 1.807) is 34.6 Å². The number of esters is 2. The van der Waals surface area contributed by atoms with Gasteiger partial charge in [0, 0.05) is 0 Å². The molecule has 3 unspecified atom stereocenters. The van der Waals surface area contributed by atoms with Gasteiger partial charge in [-0.15, -0.1) is 0 Å². The molecule has 2 fully saturated rings. The van der Waals surface area contributed by atoms with E-state index in [0.29, 0.717) is 12.0 Å². The van der Waals surface area contributed by atoms with Crippen molar-refractivity contribution in [3.63, 3.8) is 0 Å². The molecule has 9 heteroatoms. The first kappa shape index (κ1) is 19.2. The summed E-state index contributed by atoms with van der Waals surface area (Å²) in [5.41, 5.74) is -0.910. The molecule has 148 valence electrons. The van der Waals surface area contributed by atoms with E-state index < -0.39 is 41.8 Å². The Hall–Kier alpha value is -2.58. The number of ether oxygens (including phenoxy) is 4. The van der Waals surface area contributed by atoms with Crippen molar-refractivity contribution in [2.24, 2.45) is 11.3 Å². The maximum absolute atomic E-state index is 12.7. The van der Waals surface area contributed by atoms with Gasteiger partial charge in [0.25, 0.3) is 0 Å². The number of β-lactam (4-membered cyclic amide) rings is 1. The standard InChI is InChI=1S/C18H23NO8/c1-9-6-10-11(18(5)7-24-16(23)27-18)13(20)19(10)12(9)14(21)25-8-26-15(22)17(2,3)4/h10-11H,6-8H2,1-5H3. The minimum Gasteiger partial charge on any atom is -0.430 e. The maximum Gasteiger partial charge on any atom is 0.509 e. The van der Waals surface area contributed by atoms with Gasteiger partial charge in [0.15, 0.2) is 5.60 Å². The lowest BCUT2D eigenvalue weighted by atomic mass is 9.75. The van der Waals surface area contributed by atoms with E-state index in [1.165, 1.54) is 4.90 Å². The van der Waals surface area contributed by atoms with Crippen LogP contribution in [-0.4, -0.2) is 53.9 Å². The van der Waals surface area contributed by atoms with Gasteiger partial charge in [0.2, 0.25) is 12.7 Å². The van der Waals surface area contributed by atoms with Gasteiger partial charge < -0.3 is 23.8 Å². The van der Waals surface area contributed by atoms with Crippen molar-refractivity contribution in [1.29, 1.82) is 0 Å². The van der Waals surface area contributed by atoms with Crippen LogP contribution >= 0.6 is 0 Å². The van der Waals surface area contributed by atoms with Crippen LogP contribution in [0.5, 0.6) is 0 Å². The molecule has 0 saturated carbocycles. The van der Waals surface area contributed by atoms with Crippen molar-refractivity contribution in [3.8, 4) is 0 Å². The first-order valence-electron chi connectivity index (χ1n) is 8.68. The molecular weight excluding hydrogens is 358 g/mol. The Bertz CT molecular complexity index is 749. The average Bonchev–Trinajstić information content (AvgIpc) is 3.03. The van der Waals surface area contributed by atoms with E-state index in [1.807, 2.05) is 0 Å². The topological polar surface area (TPSA) is 108 Å². The van der Waals surface area contributed by atoms with E-state index in [0.717, 1.165) is 0 Å². The smallest absolute Gasteiger partial charge is 0.430 e. The van der Waals surface area contributed by atoms with Gasteiger partial charge in [0.1, 0.15) is 18.2 Å². The molecular formula is C18H23NO8. The summed E-state index contributed by atoms with van der Waals surface area (Å²) in [5, 5.41) is 0. The summed E-state index contributed by atoms with van der Waals surface area (Å²) in [7, 11) is 0. The van der Waals surface area contributed by atoms with Gasteiger partial charge in [-0.1, -0.05) is 0 Å². The van der Waals surface area contributed by atoms with Gasteiger partial charge >= 0.3 is 18.1 Å². The minimum absolute atomic E-state index is 0.00579. The van der Waals surface area contributed by atoms with Crippen LogP contribution in [0.3, 0.4) is 0 Å². The second-order valence-electron chi connectivity index (χ2n) is 8.27. The zero-order valence-corrected chi connectivity index (χ0v) is 16.0. The fourth-order valence-corrected chi connectivity index (χ4v) is 3.61. The number of fused-ring (bicyclic) bond motifs is 1. The molecule has 0 N–H and O–H groups in total. The third-order valence-corrected chi connectivity index (χ3v) is 5.02. The van der Waals surface area contributed by atoms with Gasteiger partial charge in [-0.25, -0.2) is 9.59 Å². The number of hydrogen-bond acceptors (Lipinski definition) is 8. The van der Waals surface area contributed by atoms with Crippen LogP contribution in [0, 0.1) is 11.3 Å². The number of nitrogens with zero attached hydrogens (tertiary/aromatic N) is 1. The zero-order chi connectivity index (χ0) is 20.1. The number of carbonyl (C=O) groups excluding carboxylic acids is 4. The van der Waals surface area contributed by atoms with Crippen LogP contribution in [0.15, 0.2) is 11.3 Å². The van der Waals surface area contributed by atoms with Gasteiger partial charge in [-0.3, -0.25) is 9.59 Å². The minimum atomic E-state index is -1.04. The van der Waals surface area contributed by atoms with Crippen molar-refractivity contribution in [2.45, 2.75) is 52.7 Å². The predicted octanol–water partition coefficient (Wildman–Crippen LogP) is 1.51. The molecule has 3 atom stereocenters. The van der Waals surface area contributed by atoms with E-state index in [9.17, 15) is 19.2 Å². The lowest BCUT2D eigenvalue weighted by Gasteiger charge is -2.48. The average molecular weight is 381 g/mol. The molecule has 0 aromatic rings. The summed E-state index contributed by atoms with van der Waals surface area (Å²) in [6, 6.07) is -0.295. The van der Waals surface area contributed by atoms with E-state index in [4.69, 9.17) is 18.9 Å². The predicted molar refractivity (Wildman–Crippen MR) is 88.8 cm³/mol. The van der Waals surface area contributed by atoms with Crippen molar-refractivity contribution < 1.29 is 38.1 Å². The second kappa shape index (κ2) is 6.24. The fraction of sp³-hybridized carbons (Fsp3) is 0.667. The Morgan fingerprint density at radius 1 is 1.26 bits per heavy atom. The molecule has 27 heavy (non-hydrogen) atoms. The first-order valence-corrected chi connectivity index (χ1v) is 8.68. The molecule has 2 saturated heterocycles. The largest absolute Gasteiger partial charge is 0.509 e. The number of amides is 1. The fourth-order valence-electron chi connectivity index (χ4n) is 3.61.